The summed E-state index contributed by atoms with van der Waals surface area (Å²) in [6.45, 7) is 6.83. The molecule has 5 aromatic rings. The fourth-order valence-corrected chi connectivity index (χ4v) is 4.47. The van der Waals surface area contributed by atoms with Crippen LogP contribution < -0.4 is 19.8 Å². The van der Waals surface area contributed by atoms with Crippen LogP contribution in [0.15, 0.2) is 84.2 Å². The summed E-state index contributed by atoms with van der Waals surface area (Å²) in [7, 11) is 3.08. The van der Waals surface area contributed by atoms with Gasteiger partial charge in [0.15, 0.2) is 23.1 Å². The largest absolute Gasteiger partial charge is 0.493 e. The van der Waals surface area contributed by atoms with Gasteiger partial charge in [-0.3, -0.25) is 14.3 Å². The second kappa shape index (κ2) is 10.8. The molecule has 0 atom stereocenters. The number of ether oxygens (including phenoxy) is 3. The van der Waals surface area contributed by atoms with Crippen LogP contribution in [0.3, 0.4) is 0 Å². The van der Waals surface area contributed by atoms with E-state index in [1.165, 1.54) is 41.9 Å². The Balaban J connectivity index is 1.42. The quantitative estimate of drug-likeness (QED) is 0.228. The van der Waals surface area contributed by atoms with Crippen molar-refractivity contribution in [1.29, 1.82) is 0 Å². The van der Waals surface area contributed by atoms with Crippen LogP contribution in [-0.2, 0) is 12.0 Å². The third-order valence-corrected chi connectivity index (χ3v) is 6.74. The Morgan fingerprint density at radius 2 is 1.60 bits per heavy atom. The first-order valence-electron chi connectivity index (χ1n) is 12.8. The van der Waals surface area contributed by atoms with Gasteiger partial charge in [-0.1, -0.05) is 51.1 Å². The lowest BCUT2D eigenvalue weighted by Crippen LogP contribution is -2.22. The highest BCUT2D eigenvalue weighted by Crippen LogP contribution is 2.37. The fourth-order valence-electron chi connectivity index (χ4n) is 4.47. The molecular weight excluding hydrogens is 509 g/mol. The second-order valence-electron chi connectivity index (χ2n) is 10.5. The minimum Gasteiger partial charge on any atom is -0.493 e. The molecule has 0 unspecified atom stereocenters. The van der Waals surface area contributed by atoms with Crippen LogP contribution in [0.2, 0.25) is 0 Å². The Bertz CT molecular complexity index is 1740. The van der Waals surface area contributed by atoms with Gasteiger partial charge in [-0.25, -0.2) is 9.37 Å². The molecule has 0 spiro atoms. The van der Waals surface area contributed by atoms with Crippen molar-refractivity contribution in [1.82, 2.24) is 14.5 Å². The molecule has 204 valence electrons. The van der Waals surface area contributed by atoms with E-state index in [2.05, 4.69) is 42.9 Å². The van der Waals surface area contributed by atoms with Gasteiger partial charge in [0.2, 0.25) is 0 Å². The second-order valence-corrected chi connectivity index (χ2v) is 10.5. The van der Waals surface area contributed by atoms with Crippen LogP contribution >= 0.6 is 0 Å². The molecule has 8 heteroatoms. The Morgan fingerprint density at radius 3 is 2.27 bits per heavy atom. The highest BCUT2D eigenvalue weighted by molar-refractivity contribution is 5.88. The summed E-state index contributed by atoms with van der Waals surface area (Å²) < 4.78 is 33.5. The number of nitrogens with zero attached hydrogens (tertiary/aromatic N) is 3. The lowest BCUT2D eigenvalue weighted by Gasteiger charge is -2.19. The molecule has 0 fully saturated rings. The molecule has 0 bridgehead atoms. The molecule has 0 N–H and O–H groups in total. The molecule has 2 heterocycles. The first kappa shape index (κ1) is 26.9. The third kappa shape index (κ3) is 5.38. The standard InChI is InChI=1S/C32H30FN3O4/c1-32(2,3)22-9-6-20(7-10-22)18-36-19-34-17-24(31(36)37)21-8-11-28(25(33)14-21)40-27-12-13-35-26-16-30(39-5)29(38-4)15-23(26)27/h6-17,19H,18H2,1-5H3. The predicted octanol–water partition coefficient (Wildman–Crippen LogP) is 6.75. The molecule has 7 nitrogen and oxygen atoms in total. The van der Waals surface area contributed by atoms with E-state index in [0.29, 0.717) is 45.8 Å². The summed E-state index contributed by atoms with van der Waals surface area (Å²) in [5.41, 5.74) is 3.29. The summed E-state index contributed by atoms with van der Waals surface area (Å²) in [5.74, 6) is 0.824. The summed E-state index contributed by atoms with van der Waals surface area (Å²) in [6.07, 6.45) is 4.52. The number of benzene rings is 3. The van der Waals surface area contributed by atoms with E-state index >= 15 is 4.39 Å². The van der Waals surface area contributed by atoms with Gasteiger partial charge in [-0.05, 0) is 46.4 Å². The van der Waals surface area contributed by atoms with Crippen molar-refractivity contribution >= 4 is 10.9 Å². The summed E-state index contributed by atoms with van der Waals surface area (Å²) >= 11 is 0. The molecule has 3 aromatic carbocycles. The number of halogens is 1. The minimum absolute atomic E-state index is 0.00851. The van der Waals surface area contributed by atoms with Crippen molar-refractivity contribution in [3.8, 4) is 34.1 Å². The smallest absolute Gasteiger partial charge is 0.261 e. The molecule has 40 heavy (non-hydrogen) atoms. The number of hydrogen-bond acceptors (Lipinski definition) is 6. The zero-order chi connectivity index (χ0) is 28.4. The molecule has 5 rings (SSSR count). The van der Waals surface area contributed by atoms with E-state index in [0.717, 1.165) is 5.56 Å². The van der Waals surface area contributed by atoms with Crippen LogP contribution in [0.25, 0.3) is 22.0 Å². The molecule has 0 aliphatic carbocycles. The zero-order valence-corrected chi connectivity index (χ0v) is 23.1. The van der Waals surface area contributed by atoms with Crippen LogP contribution in [0.5, 0.6) is 23.0 Å². The molecule has 0 aliphatic rings. The minimum atomic E-state index is -0.615. The van der Waals surface area contributed by atoms with Crippen molar-refractivity contribution < 1.29 is 18.6 Å². The van der Waals surface area contributed by atoms with Gasteiger partial charge < -0.3 is 14.2 Å². The van der Waals surface area contributed by atoms with Gasteiger partial charge in [0.1, 0.15) is 5.75 Å². The van der Waals surface area contributed by atoms with E-state index in [9.17, 15) is 4.79 Å². The molecule has 0 aliphatic heterocycles. The summed E-state index contributed by atoms with van der Waals surface area (Å²) in [4.78, 5) is 21.9. The highest BCUT2D eigenvalue weighted by atomic mass is 19.1. The molecule has 0 radical (unpaired) electrons. The van der Waals surface area contributed by atoms with E-state index in [1.54, 1.807) is 37.6 Å². The number of pyridine rings is 1. The van der Waals surface area contributed by atoms with E-state index in [-0.39, 0.29) is 16.7 Å². The SMILES string of the molecule is COc1cc2nccc(Oc3ccc(-c4cncn(Cc5ccc(C(C)(C)C)cc5)c4=O)cc3F)c2cc1OC. The van der Waals surface area contributed by atoms with Gasteiger partial charge in [-0.15, -0.1) is 0 Å². The van der Waals surface area contributed by atoms with Crippen LogP contribution in [0.1, 0.15) is 31.9 Å². The highest BCUT2D eigenvalue weighted by Gasteiger charge is 2.16. The van der Waals surface area contributed by atoms with Crippen molar-refractivity contribution in [3.05, 3.63) is 107 Å². The molecule has 2 aromatic heterocycles. The normalized spacial score (nSPS) is 11.4. The molecule has 0 amide bonds. The number of rotatable bonds is 7. The van der Waals surface area contributed by atoms with Crippen molar-refractivity contribution in [2.45, 2.75) is 32.7 Å². The predicted molar refractivity (Wildman–Crippen MR) is 153 cm³/mol. The topological polar surface area (TPSA) is 75.5 Å². The maximum absolute atomic E-state index is 15.3. The Kier molecular flexibility index (Phi) is 7.26. The van der Waals surface area contributed by atoms with E-state index in [4.69, 9.17) is 14.2 Å². The first-order chi connectivity index (χ1) is 19.2. The van der Waals surface area contributed by atoms with Gasteiger partial charge in [0, 0.05) is 23.8 Å². The first-order valence-corrected chi connectivity index (χ1v) is 12.8. The average molecular weight is 540 g/mol. The third-order valence-electron chi connectivity index (χ3n) is 6.74. The monoisotopic (exact) mass is 539 g/mol. The van der Waals surface area contributed by atoms with Crippen LogP contribution in [0.4, 0.5) is 4.39 Å². The fraction of sp³-hybridized carbons (Fsp3) is 0.219. The number of methoxy groups -OCH3 is 2. The number of aromatic nitrogens is 3. The number of fused-ring (bicyclic) bond motifs is 1. The van der Waals surface area contributed by atoms with Crippen molar-refractivity contribution in [2.75, 3.05) is 14.2 Å². The number of hydrogen-bond donors (Lipinski definition) is 0. The lowest BCUT2D eigenvalue weighted by molar-refractivity contribution is 0.355. The summed E-state index contributed by atoms with van der Waals surface area (Å²) in [6, 6.07) is 17.7. The molecular formula is C32H30FN3O4. The maximum atomic E-state index is 15.3. The van der Waals surface area contributed by atoms with Crippen LogP contribution in [-0.4, -0.2) is 28.8 Å². The van der Waals surface area contributed by atoms with Gasteiger partial charge in [0.25, 0.3) is 5.56 Å². The molecule has 0 saturated carbocycles. The Hall–Kier alpha value is -4.72. The Labute approximate surface area is 231 Å². The average Bonchev–Trinajstić information content (AvgIpc) is 2.94. The van der Waals surface area contributed by atoms with Crippen molar-refractivity contribution in [2.24, 2.45) is 0 Å². The zero-order valence-electron chi connectivity index (χ0n) is 23.1. The van der Waals surface area contributed by atoms with E-state index in [1.807, 2.05) is 12.1 Å². The van der Waals surface area contributed by atoms with Gasteiger partial charge in [0.05, 0.1) is 38.2 Å². The maximum Gasteiger partial charge on any atom is 0.261 e. The Morgan fingerprint density at radius 1 is 0.875 bits per heavy atom. The van der Waals surface area contributed by atoms with Crippen LogP contribution in [0, 0.1) is 5.82 Å². The lowest BCUT2D eigenvalue weighted by atomic mass is 9.87. The van der Waals surface area contributed by atoms with Gasteiger partial charge >= 0.3 is 0 Å². The van der Waals surface area contributed by atoms with Crippen molar-refractivity contribution in [3.63, 3.8) is 0 Å². The van der Waals surface area contributed by atoms with Gasteiger partial charge in [-0.2, -0.15) is 0 Å². The molecule has 0 saturated heterocycles. The summed E-state index contributed by atoms with van der Waals surface area (Å²) in [5, 5.41) is 0.634. The van der Waals surface area contributed by atoms with E-state index < -0.39 is 5.82 Å².